The summed E-state index contributed by atoms with van der Waals surface area (Å²) in [6.07, 6.45) is 1.81. The molecule has 2 nitrogen and oxygen atoms in total. The van der Waals surface area contributed by atoms with Gasteiger partial charge in [-0.15, -0.1) is 0 Å². The Balaban J connectivity index is 2.83. The van der Waals surface area contributed by atoms with E-state index in [1.807, 2.05) is 18.7 Å². The van der Waals surface area contributed by atoms with Gasteiger partial charge in [0.2, 0.25) is 0 Å². The molecular formula is C14H19F2NO. The number of carbonyl (C=O) groups excluding carboxylic acids is 1. The quantitative estimate of drug-likeness (QED) is 0.727. The molecule has 0 aliphatic carbocycles. The van der Waals surface area contributed by atoms with Gasteiger partial charge in [0.05, 0.1) is 12.1 Å². The largest absolute Gasteiger partial charge is 0.296 e. The molecule has 0 aliphatic rings. The third kappa shape index (κ3) is 3.35. The number of Topliss-reactive ketones (excluding diaryl/α,β-unsaturated/α-hetero) is 1. The third-order valence-electron chi connectivity index (χ3n) is 3.20. The van der Waals surface area contributed by atoms with Gasteiger partial charge < -0.3 is 0 Å². The second kappa shape index (κ2) is 6.59. The van der Waals surface area contributed by atoms with E-state index in [9.17, 15) is 13.6 Å². The van der Waals surface area contributed by atoms with Crippen LogP contribution < -0.4 is 0 Å². The highest BCUT2D eigenvalue weighted by atomic mass is 19.1. The lowest BCUT2D eigenvalue weighted by atomic mass is 10.1. The van der Waals surface area contributed by atoms with Crippen molar-refractivity contribution in [1.82, 2.24) is 4.90 Å². The van der Waals surface area contributed by atoms with Gasteiger partial charge in [-0.05, 0) is 32.0 Å². The van der Waals surface area contributed by atoms with Gasteiger partial charge in [0.15, 0.2) is 5.78 Å². The molecule has 0 saturated heterocycles. The Labute approximate surface area is 107 Å². The fraction of sp³-hybridized carbons (Fsp3) is 0.500. The average Bonchev–Trinajstić information content (AvgIpc) is 2.30. The molecule has 0 atom stereocenters. The summed E-state index contributed by atoms with van der Waals surface area (Å²) < 4.78 is 26.9. The van der Waals surface area contributed by atoms with E-state index in [-0.39, 0.29) is 12.6 Å². The Hall–Kier alpha value is -1.29. The number of ketones is 1. The molecule has 18 heavy (non-hydrogen) atoms. The van der Waals surface area contributed by atoms with Crippen molar-refractivity contribution >= 4 is 5.78 Å². The van der Waals surface area contributed by atoms with Crippen molar-refractivity contribution in [2.75, 3.05) is 13.6 Å². The zero-order valence-corrected chi connectivity index (χ0v) is 11.0. The first-order valence-electron chi connectivity index (χ1n) is 6.18. The molecule has 0 saturated carbocycles. The summed E-state index contributed by atoms with van der Waals surface area (Å²) in [6, 6.07) is 3.72. The number of rotatable bonds is 6. The molecule has 0 radical (unpaired) electrons. The van der Waals surface area contributed by atoms with Crippen molar-refractivity contribution in [3.8, 4) is 0 Å². The predicted molar refractivity (Wildman–Crippen MR) is 67.7 cm³/mol. The molecule has 0 fully saturated rings. The molecule has 0 aliphatic heterocycles. The zero-order chi connectivity index (χ0) is 13.7. The van der Waals surface area contributed by atoms with E-state index >= 15 is 0 Å². The maximum atomic E-state index is 13.4. The number of halogens is 2. The van der Waals surface area contributed by atoms with E-state index in [0.717, 1.165) is 25.0 Å². The topological polar surface area (TPSA) is 20.3 Å². The number of nitrogens with zero attached hydrogens (tertiary/aromatic N) is 1. The van der Waals surface area contributed by atoms with Crippen molar-refractivity contribution in [2.45, 2.75) is 32.7 Å². The van der Waals surface area contributed by atoms with E-state index in [1.165, 1.54) is 6.07 Å². The normalized spacial score (nSPS) is 11.3. The van der Waals surface area contributed by atoms with Crippen LogP contribution in [0.25, 0.3) is 0 Å². The molecular weight excluding hydrogens is 236 g/mol. The van der Waals surface area contributed by atoms with Gasteiger partial charge in [-0.3, -0.25) is 9.69 Å². The lowest BCUT2D eigenvalue weighted by Crippen LogP contribution is -2.35. The first kappa shape index (κ1) is 14.8. The lowest BCUT2D eigenvalue weighted by Gasteiger charge is -2.25. The van der Waals surface area contributed by atoms with Gasteiger partial charge in [-0.1, -0.05) is 19.9 Å². The van der Waals surface area contributed by atoms with Crippen LogP contribution in [0.4, 0.5) is 8.78 Å². The maximum absolute atomic E-state index is 13.4. The minimum absolute atomic E-state index is 0.0319. The smallest absolute Gasteiger partial charge is 0.182 e. The van der Waals surface area contributed by atoms with E-state index in [1.54, 1.807) is 7.05 Å². The Morgan fingerprint density at radius 2 is 1.72 bits per heavy atom. The van der Waals surface area contributed by atoms with Crippen molar-refractivity contribution < 1.29 is 13.6 Å². The number of hydrogen-bond acceptors (Lipinski definition) is 2. The SMILES string of the molecule is CCC(CC)N(C)CC(=O)c1c(F)cccc1F. The van der Waals surface area contributed by atoms with Gasteiger partial charge in [-0.25, -0.2) is 8.78 Å². The zero-order valence-electron chi connectivity index (χ0n) is 11.0. The van der Waals surface area contributed by atoms with E-state index in [2.05, 4.69) is 0 Å². The summed E-state index contributed by atoms with van der Waals surface area (Å²) in [4.78, 5) is 13.8. The van der Waals surface area contributed by atoms with Crippen molar-refractivity contribution in [1.29, 1.82) is 0 Å². The standard InChI is InChI=1S/C14H19F2NO/c1-4-10(5-2)17(3)9-13(18)14-11(15)7-6-8-12(14)16/h6-8,10H,4-5,9H2,1-3H3. The minimum atomic E-state index is -0.794. The highest BCUT2D eigenvalue weighted by Gasteiger charge is 2.20. The number of likely N-dealkylation sites (N-methyl/N-ethyl adjacent to an activating group) is 1. The summed E-state index contributed by atoms with van der Waals surface area (Å²) in [7, 11) is 1.80. The van der Waals surface area contributed by atoms with Gasteiger partial charge in [-0.2, -0.15) is 0 Å². The van der Waals surface area contributed by atoms with Crippen molar-refractivity contribution in [3.63, 3.8) is 0 Å². The highest BCUT2D eigenvalue weighted by molar-refractivity contribution is 5.98. The summed E-state index contributed by atoms with van der Waals surface area (Å²) in [5.74, 6) is -2.10. The molecule has 0 bridgehead atoms. The van der Waals surface area contributed by atoms with Crippen LogP contribution in [-0.4, -0.2) is 30.3 Å². The first-order valence-corrected chi connectivity index (χ1v) is 6.18. The third-order valence-corrected chi connectivity index (χ3v) is 3.20. The summed E-state index contributed by atoms with van der Waals surface area (Å²) in [6.45, 7) is 4.09. The highest BCUT2D eigenvalue weighted by Crippen LogP contribution is 2.14. The number of carbonyl (C=O) groups is 1. The Morgan fingerprint density at radius 3 is 2.17 bits per heavy atom. The van der Waals surface area contributed by atoms with Gasteiger partial charge in [0.1, 0.15) is 11.6 Å². The van der Waals surface area contributed by atoms with Crippen LogP contribution >= 0.6 is 0 Å². The lowest BCUT2D eigenvalue weighted by molar-refractivity contribution is 0.0907. The van der Waals surface area contributed by atoms with E-state index in [4.69, 9.17) is 0 Å². The van der Waals surface area contributed by atoms with Gasteiger partial charge >= 0.3 is 0 Å². The molecule has 1 aromatic carbocycles. The first-order chi connectivity index (χ1) is 8.51. The van der Waals surface area contributed by atoms with Crippen molar-refractivity contribution in [2.24, 2.45) is 0 Å². The van der Waals surface area contributed by atoms with Crippen LogP contribution in [0.1, 0.15) is 37.0 Å². The Morgan fingerprint density at radius 1 is 1.22 bits per heavy atom. The molecule has 0 spiro atoms. The van der Waals surface area contributed by atoms with Crippen LogP contribution in [0.2, 0.25) is 0 Å². The van der Waals surface area contributed by atoms with Crippen molar-refractivity contribution in [3.05, 3.63) is 35.4 Å². The molecule has 0 N–H and O–H groups in total. The van der Waals surface area contributed by atoms with Crippen LogP contribution in [0, 0.1) is 11.6 Å². The second-order valence-electron chi connectivity index (χ2n) is 4.41. The van der Waals surface area contributed by atoms with Crippen LogP contribution in [0.3, 0.4) is 0 Å². The van der Waals surface area contributed by atoms with Gasteiger partial charge in [0.25, 0.3) is 0 Å². The average molecular weight is 255 g/mol. The van der Waals surface area contributed by atoms with Gasteiger partial charge in [0, 0.05) is 6.04 Å². The molecule has 1 rings (SSSR count). The van der Waals surface area contributed by atoms with E-state index in [0.29, 0.717) is 0 Å². The molecule has 1 aromatic rings. The Bertz CT molecular complexity index is 396. The fourth-order valence-electron chi connectivity index (χ4n) is 2.11. The fourth-order valence-corrected chi connectivity index (χ4v) is 2.11. The van der Waals surface area contributed by atoms with Crippen LogP contribution in [-0.2, 0) is 0 Å². The molecule has 0 amide bonds. The van der Waals surface area contributed by atoms with Crippen LogP contribution in [0.5, 0.6) is 0 Å². The summed E-state index contributed by atoms with van der Waals surface area (Å²) in [5, 5.41) is 0. The minimum Gasteiger partial charge on any atom is -0.296 e. The molecule has 100 valence electrons. The summed E-state index contributed by atoms with van der Waals surface area (Å²) in [5.41, 5.74) is -0.435. The molecule has 0 heterocycles. The maximum Gasteiger partial charge on any atom is 0.182 e. The van der Waals surface area contributed by atoms with E-state index < -0.39 is 23.0 Å². The number of benzene rings is 1. The number of hydrogen-bond donors (Lipinski definition) is 0. The molecule has 4 heteroatoms. The Kier molecular flexibility index (Phi) is 5.41. The molecule has 0 aromatic heterocycles. The van der Waals surface area contributed by atoms with Crippen LogP contribution in [0.15, 0.2) is 18.2 Å². The monoisotopic (exact) mass is 255 g/mol. The summed E-state index contributed by atoms with van der Waals surface area (Å²) >= 11 is 0. The second-order valence-corrected chi connectivity index (χ2v) is 4.41. The molecule has 0 unspecified atom stereocenters. The predicted octanol–water partition coefficient (Wildman–Crippen LogP) is 3.27.